The molecule has 0 aliphatic heterocycles. The first-order valence-corrected chi connectivity index (χ1v) is 12.6. The SMILES string of the molecule is CCCCC(CC)COC(=O)/C(C#N)=C/c1ccc(-c2nc3cc(C(C)(C)CC)ccc3o2)cc1. The maximum absolute atomic E-state index is 12.4. The molecule has 0 saturated heterocycles. The predicted octanol–water partition coefficient (Wildman–Crippen LogP) is 7.85. The van der Waals surface area contributed by atoms with Gasteiger partial charge in [0.15, 0.2) is 5.58 Å². The highest BCUT2D eigenvalue weighted by molar-refractivity contribution is 5.97. The molecular formula is C30H36N2O3. The largest absolute Gasteiger partial charge is 0.461 e. The molecule has 0 aliphatic rings. The van der Waals surface area contributed by atoms with E-state index in [9.17, 15) is 10.1 Å². The summed E-state index contributed by atoms with van der Waals surface area (Å²) in [7, 11) is 0. The lowest BCUT2D eigenvalue weighted by atomic mass is 9.82. The van der Waals surface area contributed by atoms with Crippen LogP contribution in [0.5, 0.6) is 0 Å². The average molecular weight is 473 g/mol. The van der Waals surface area contributed by atoms with Crippen LogP contribution in [0.25, 0.3) is 28.6 Å². The zero-order valence-electron chi connectivity index (χ0n) is 21.6. The smallest absolute Gasteiger partial charge is 0.348 e. The second kappa shape index (κ2) is 11.8. The molecule has 0 N–H and O–H groups in total. The lowest BCUT2D eigenvalue weighted by Gasteiger charge is -2.22. The fourth-order valence-corrected chi connectivity index (χ4v) is 3.87. The van der Waals surface area contributed by atoms with Crippen molar-refractivity contribution < 1.29 is 13.9 Å². The Bertz CT molecular complexity index is 1210. The Kier molecular flexibility index (Phi) is 8.87. The van der Waals surface area contributed by atoms with Crippen LogP contribution in [-0.4, -0.2) is 17.6 Å². The van der Waals surface area contributed by atoms with E-state index in [4.69, 9.17) is 9.15 Å². The molecule has 0 bridgehead atoms. The maximum atomic E-state index is 12.4. The van der Waals surface area contributed by atoms with Crippen LogP contribution in [0.15, 0.2) is 52.5 Å². The minimum Gasteiger partial charge on any atom is -0.461 e. The Morgan fingerprint density at radius 1 is 1.17 bits per heavy atom. The van der Waals surface area contributed by atoms with Gasteiger partial charge < -0.3 is 9.15 Å². The molecule has 1 atom stereocenters. The van der Waals surface area contributed by atoms with Crippen molar-refractivity contribution in [2.45, 2.75) is 72.1 Å². The van der Waals surface area contributed by atoms with Crippen LogP contribution in [0.3, 0.4) is 0 Å². The van der Waals surface area contributed by atoms with E-state index in [0.29, 0.717) is 18.4 Å². The number of rotatable bonds is 11. The fourth-order valence-electron chi connectivity index (χ4n) is 3.87. The van der Waals surface area contributed by atoms with Crippen molar-refractivity contribution in [2.75, 3.05) is 6.61 Å². The van der Waals surface area contributed by atoms with Gasteiger partial charge >= 0.3 is 5.97 Å². The van der Waals surface area contributed by atoms with Gasteiger partial charge in [0.25, 0.3) is 0 Å². The molecule has 0 fully saturated rings. The number of ether oxygens (including phenoxy) is 1. The van der Waals surface area contributed by atoms with Crippen molar-refractivity contribution in [3.05, 3.63) is 59.2 Å². The van der Waals surface area contributed by atoms with Crippen LogP contribution in [0.2, 0.25) is 0 Å². The van der Waals surface area contributed by atoms with E-state index in [-0.39, 0.29) is 11.0 Å². The second-order valence-corrected chi connectivity index (χ2v) is 9.75. The summed E-state index contributed by atoms with van der Waals surface area (Å²) in [6.45, 7) is 11.2. The molecule has 0 amide bonds. The van der Waals surface area contributed by atoms with Crippen molar-refractivity contribution in [3.8, 4) is 17.5 Å². The Morgan fingerprint density at radius 2 is 1.91 bits per heavy atom. The third kappa shape index (κ3) is 6.60. The van der Waals surface area contributed by atoms with Gasteiger partial charge in [-0.1, -0.05) is 72.1 Å². The molecule has 5 heteroatoms. The monoisotopic (exact) mass is 472 g/mol. The minimum absolute atomic E-state index is 0.00368. The number of carbonyl (C=O) groups is 1. The first kappa shape index (κ1) is 26.2. The minimum atomic E-state index is -0.573. The van der Waals surface area contributed by atoms with Crippen LogP contribution < -0.4 is 0 Å². The first-order chi connectivity index (χ1) is 16.8. The van der Waals surface area contributed by atoms with Crippen molar-refractivity contribution >= 4 is 23.1 Å². The van der Waals surface area contributed by atoms with Gasteiger partial charge in [-0.15, -0.1) is 0 Å². The number of unbranched alkanes of at least 4 members (excludes halogenated alkanes) is 1. The molecule has 5 nitrogen and oxygen atoms in total. The molecular weight excluding hydrogens is 436 g/mol. The Balaban J connectivity index is 1.73. The van der Waals surface area contributed by atoms with Crippen LogP contribution in [0.1, 0.15) is 77.8 Å². The Morgan fingerprint density at radius 3 is 2.54 bits per heavy atom. The predicted molar refractivity (Wildman–Crippen MR) is 141 cm³/mol. The van der Waals surface area contributed by atoms with E-state index < -0.39 is 5.97 Å². The molecule has 0 spiro atoms. The highest BCUT2D eigenvalue weighted by atomic mass is 16.5. The lowest BCUT2D eigenvalue weighted by molar-refractivity contribution is -0.139. The van der Waals surface area contributed by atoms with E-state index in [1.807, 2.05) is 36.4 Å². The van der Waals surface area contributed by atoms with Gasteiger partial charge in [-0.05, 0) is 65.6 Å². The molecule has 35 heavy (non-hydrogen) atoms. The Hall–Kier alpha value is -3.39. The van der Waals surface area contributed by atoms with Gasteiger partial charge in [0, 0.05) is 5.56 Å². The quantitative estimate of drug-likeness (QED) is 0.161. The number of carbonyl (C=O) groups excluding carboxylic acids is 1. The van der Waals surface area contributed by atoms with Gasteiger partial charge in [-0.3, -0.25) is 0 Å². The zero-order valence-corrected chi connectivity index (χ0v) is 21.6. The molecule has 0 aliphatic carbocycles. The summed E-state index contributed by atoms with van der Waals surface area (Å²) in [5.74, 6) is 0.300. The lowest BCUT2D eigenvalue weighted by Crippen LogP contribution is -2.15. The number of nitrogens with zero attached hydrogens (tertiary/aromatic N) is 2. The second-order valence-electron chi connectivity index (χ2n) is 9.75. The number of fused-ring (bicyclic) bond motifs is 1. The summed E-state index contributed by atoms with van der Waals surface area (Å²) in [6, 6.07) is 15.6. The summed E-state index contributed by atoms with van der Waals surface area (Å²) in [4.78, 5) is 17.1. The summed E-state index contributed by atoms with van der Waals surface area (Å²) < 4.78 is 11.4. The van der Waals surface area contributed by atoms with E-state index in [0.717, 1.165) is 54.3 Å². The molecule has 184 valence electrons. The molecule has 3 rings (SSSR count). The van der Waals surface area contributed by atoms with Crippen molar-refractivity contribution in [1.82, 2.24) is 4.98 Å². The van der Waals surface area contributed by atoms with Gasteiger partial charge in [0.1, 0.15) is 17.2 Å². The summed E-state index contributed by atoms with van der Waals surface area (Å²) in [5, 5.41) is 9.49. The van der Waals surface area contributed by atoms with E-state index in [1.54, 1.807) is 6.08 Å². The van der Waals surface area contributed by atoms with Gasteiger partial charge in [0.2, 0.25) is 5.89 Å². The number of benzene rings is 2. The van der Waals surface area contributed by atoms with Crippen LogP contribution in [0.4, 0.5) is 0 Å². The average Bonchev–Trinajstić information content (AvgIpc) is 3.31. The van der Waals surface area contributed by atoms with Crippen molar-refractivity contribution in [3.63, 3.8) is 0 Å². The number of aromatic nitrogens is 1. The molecule has 1 unspecified atom stereocenters. The fraction of sp³-hybridized carbons (Fsp3) is 0.433. The number of nitriles is 1. The Labute approximate surface area is 208 Å². The number of hydrogen-bond donors (Lipinski definition) is 0. The molecule has 0 radical (unpaired) electrons. The third-order valence-electron chi connectivity index (χ3n) is 6.86. The standard InChI is InChI=1S/C30H36N2O3/c1-6-9-10-21(7-2)20-34-29(33)24(19-31)17-22-11-13-23(14-12-22)28-32-26-18-25(30(4,5)8-3)15-16-27(26)35-28/h11-18,21H,6-10,20H2,1-5H3/b24-17+. The highest BCUT2D eigenvalue weighted by Gasteiger charge is 2.20. The summed E-state index contributed by atoms with van der Waals surface area (Å²) in [6.07, 6.45) is 6.81. The van der Waals surface area contributed by atoms with E-state index in [2.05, 4.69) is 51.7 Å². The van der Waals surface area contributed by atoms with E-state index >= 15 is 0 Å². The maximum Gasteiger partial charge on any atom is 0.348 e. The zero-order chi connectivity index (χ0) is 25.4. The third-order valence-corrected chi connectivity index (χ3v) is 6.86. The molecule has 3 aromatic rings. The number of oxazole rings is 1. The highest BCUT2D eigenvalue weighted by Crippen LogP contribution is 2.31. The van der Waals surface area contributed by atoms with Crippen LogP contribution >= 0.6 is 0 Å². The molecule has 0 saturated carbocycles. The van der Waals surface area contributed by atoms with E-state index in [1.165, 1.54) is 5.56 Å². The van der Waals surface area contributed by atoms with Gasteiger partial charge in [0.05, 0.1) is 6.61 Å². The topological polar surface area (TPSA) is 76.1 Å². The number of esters is 1. The summed E-state index contributed by atoms with van der Waals surface area (Å²) in [5.41, 5.74) is 4.46. The molecule has 1 aromatic heterocycles. The first-order valence-electron chi connectivity index (χ1n) is 12.6. The van der Waals surface area contributed by atoms with Crippen LogP contribution in [-0.2, 0) is 14.9 Å². The summed E-state index contributed by atoms with van der Waals surface area (Å²) >= 11 is 0. The van der Waals surface area contributed by atoms with Crippen molar-refractivity contribution in [2.24, 2.45) is 5.92 Å². The van der Waals surface area contributed by atoms with Crippen LogP contribution in [0, 0.1) is 17.2 Å². The van der Waals surface area contributed by atoms with Gasteiger partial charge in [-0.25, -0.2) is 9.78 Å². The molecule has 2 aromatic carbocycles. The normalized spacial score (nSPS) is 13.0. The number of hydrogen-bond acceptors (Lipinski definition) is 5. The molecule has 1 heterocycles. The van der Waals surface area contributed by atoms with Gasteiger partial charge in [-0.2, -0.15) is 5.26 Å². The van der Waals surface area contributed by atoms with Crippen molar-refractivity contribution in [1.29, 1.82) is 5.26 Å².